The summed E-state index contributed by atoms with van der Waals surface area (Å²) in [5.74, 6) is 0. The first kappa shape index (κ1) is 18.5. The third-order valence-corrected chi connectivity index (χ3v) is 5.30. The van der Waals surface area contributed by atoms with Crippen molar-refractivity contribution in [3.05, 3.63) is 65.2 Å². The highest BCUT2D eigenvalue weighted by Crippen LogP contribution is 2.34. The van der Waals surface area contributed by atoms with E-state index in [1.165, 1.54) is 6.07 Å². The number of hydrogen-bond donors (Lipinski definition) is 1. The van der Waals surface area contributed by atoms with Crippen molar-refractivity contribution in [3.63, 3.8) is 0 Å². The van der Waals surface area contributed by atoms with Gasteiger partial charge in [0.05, 0.1) is 10.5 Å². The van der Waals surface area contributed by atoms with E-state index in [1.807, 2.05) is 19.1 Å². The summed E-state index contributed by atoms with van der Waals surface area (Å²) in [7, 11) is -4.31. The van der Waals surface area contributed by atoms with Gasteiger partial charge >= 0.3 is 6.18 Å². The van der Waals surface area contributed by atoms with Gasteiger partial charge in [-0.3, -0.25) is 0 Å². The number of hydrogen-bond acceptors (Lipinski definition) is 2. The Balaban J connectivity index is 2.31. The van der Waals surface area contributed by atoms with E-state index in [4.69, 9.17) is 0 Å². The molecule has 1 atom stereocenters. The first-order chi connectivity index (χ1) is 11.1. The monoisotopic (exact) mass is 357 g/mol. The highest BCUT2D eigenvalue weighted by atomic mass is 32.2. The highest BCUT2D eigenvalue weighted by Gasteiger charge is 2.37. The average Bonchev–Trinajstić information content (AvgIpc) is 2.53. The van der Waals surface area contributed by atoms with Crippen molar-refractivity contribution in [1.82, 2.24) is 4.72 Å². The minimum Gasteiger partial charge on any atom is -0.207 e. The van der Waals surface area contributed by atoms with Crippen molar-refractivity contribution >= 4 is 10.0 Å². The molecule has 7 heteroatoms. The Bertz CT molecular complexity index is 799. The van der Waals surface area contributed by atoms with Crippen LogP contribution in [-0.2, 0) is 22.6 Å². The molecular weight excluding hydrogens is 339 g/mol. The molecule has 2 rings (SSSR count). The Morgan fingerprint density at radius 3 is 2.17 bits per heavy atom. The van der Waals surface area contributed by atoms with Crippen LogP contribution in [0.1, 0.15) is 36.6 Å². The van der Waals surface area contributed by atoms with Gasteiger partial charge in [-0.2, -0.15) is 13.2 Å². The van der Waals surface area contributed by atoms with Crippen LogP contribution in [-0.4, -0.2) is 8.42 Å². The van der Waals surface area contributed by atoms with Crippen LogP contribution in [0, 0.1) is 0 Å². The molecule has 0 heterocycles. The molecule has 0 amide bonds. The standard InChI is InChI=1S/C17H18F3NO2S/c1-3-13-8-10-14(11-9-13)12(2)21-24(22,23)16-7-5-4-6-15(16)17(18,19)20/h4-12,21H,3H2,1-2H3. The van der Waals surface area contributed by atoms with Crippen LogP contribution < -0.4 is 4.72 Å². The molecule has 24 heavy (non-hydrogen) atoms. The number of benzene rings is 2. The maximum atomic E-state index is 13.0. The fourth-order valence-corrected chi connectivity index (χ4v) is 3.80. The van der Waals surface area contributed by atoms with E-state index >= 15 is 0 Å². The Hall–Kier alpha value is -1.86. The van der Waals surface area contributed by atoms with Gasteiger partial charge in [-0.25, -0.2) is 13.1 Å². The van der Waals surface area contributed by atoms with Gasteiger partial charge in [-0.15, -0.1) is 0 Å². The molecule has 0 aromatic heterocycles. The number of nitrogens with one attached hydrogen (secondary N) is 1. The summed E-state index contributed by atoms with van der Waals surface area (Å²) in [4.78, 5) is -0.769. The molecule has 0 spiro atoms. The molecular formula is C17H18F3NO2S. The Morgan fingerprint density at radius 2 is 1.62 bits per heavy atom. The van der Waals surface area contributed by atoms with Crippen LogP contribution >= 0.6 is 0 Å². The lowest BCUT2D eigenvalue weighted by molar-refractivity contribution is -0.139. The fraction of sp³-hybridized carbons (Fsp3) is 0.294. The van der Waals surface area contributed by atoms with Gasteiger partial charge in [0.15, 0.2) is 0 Å². The molecule has 0 aliphatic rings. The van der Waals surface area contributed by atoms with Crippen LogP contribution in [0.4, 0.5) is 13.2 Å². The molecule has 130 valence electrons. The first-order valence-electron chi connectivity index (χ1n) is 7.42. The lowest BCUT2D eigenvalue weighted by atomic mass is 10.1. The summed E-state index contributed by atoms with van der Waals surface area (Å²) in [5.41, 5.74) is 0.600. The SMILES string of the molecule is CCc1ccc(C(C)NS(=O)(=O)c2ccccc2C(F)(F)F)cc1. The maximum absolute atomic E-state index is 13.0. The van der Waals surface area contributed by atoms with Gasteiger partial charge < -0.3 is 0 Å². The van der Waals surface area contributed by atoms with E-state index in [2.05, 4.69) is 4.72 Å². The van der Waals surface area contributed by atoms with E-state index in [0.29, 0.717) is 5.56 Å². The zero-order valence-corrected chi connectivity index (χ0v) is 14.1. The van der Waals surface area contributed by atoms with Crippen LogP contribution in [0.5, 0.6) is 0 Å². The van der Waals surface area contributed by atoms with E-state index in [-0.39, 0.29) is 0 Å². The van der Waals surface area contributed by atoms with Gasteiger partial charge in [-0.05, 0) is 36.6 Å². The Morgan fingerprint density at radius 1 is 1.04 bits per heavy atom. The number of halogens is 3. The van der Waals surface area contributed by atoms with E-state index in [1.54, 1.807) is 19.1 Å². The Kier molecular flexibility index (Phi) is 5.35. The highest BCUT2D eigenvalue weighted by molar-refractivity contribution is 7.89. The second kappa shape index (κ2) is 6.94. The van der Waals surface area contributed by atoms with Crippen molar-refractivity contribution in [2.45, 2.75) is 37.4 Å². The quantitative estimate of drug-likeness (QED) is 0.867. The van der Waals surface area contributed by atoms with Crippen LogP contribution in [0.2, 0.25) is 0 Å². The smallest absolute Gasteiger partial charge is 0.207 e. The summed E-state index contributed by atoms with van der Waals surface area (Å²) in [5, 5.41) is 0. The second-order valence-corrected chi connectivity index (χ2v) is 7.11. The minimum atomic E-state index is -4.74. The molecule has 2 aromatic rings. The predicted octanol–water partition coefficient (Wildman–Crippen LogP) is 4.31. The van der Waals surface area contributed by atoms with Crippen LogP contribution in [0.15, 0.2) is 53.4 Å². The van der Waals surface area contributed by atoms with Gasteiger partial charge in [0.2, 0.25) is 10.0 Å². The molecule has 0 bridgehead atoms. The number of sulfonamides is 1. The molecule has 0 aliphatic carbocycles. The van der Waals surface area contributed by atoms with Gasteiger partial charge in [0.25, 0.3) is 0 Å². The fourth-order valence-electron chi connectivity index (χ4n) is 2.34. The lowest BCUT2D eigenvalue weighted by Crippen LogP contribution is -2.29. The van der Waals surface area contributed by atoms with Crippen molar-refractivity contribution in [3.8, 4) is 0 Å². The molecule has 0 saturated carbocycles. The molecule has 0 radical (unpaired) electrons. The maximum Gasteiger partial charge on any atom is 0.417 e. The van der Waals surface area contributed by atoms with Crippen molar-refractivity contribution < 1.29 is 21.6 Å². The lowest BCUT2D eigenvalue weighted by Gasteiger charge is -2.18. The van der Waals surface area contributed by atoms with E-state index in [0.717, 1.165) is 30.2 Å². The number of rotatable bonds is 5. The summed E-state index contributed by atoms with van der Waals surface area (Å²) >= 11 is 0. The summed E-state index contributed by atoms with van der Waals surface area (Å²) < 4.78 is 66.2. The number of aryl methyl sites for hydroxylation is 1. The largest absolute Gasteiger partial charge is 0.417 e. The normalized spacial score (nSPS) is 13.7. The third-order valence-electron chi connectivity index (χ3n) is 3.70. The van der Waals surface area contributed by atoms with E-state index < -0.39 is 32.7 Å². The van der Waals surface area contributed by atoms with Crippen molar-refractivity contribution in [2.24, 2.45) is 0 Å². The zero-order valence-electron chi connectivity index (χ0n) is 13.3. The van der Waals surface area contributed by atoms with Crippen molar-refractivity contribution in [1.29, 1.82) is 0 Å². The van der Waals surface area contributed by atoms with Crippen molar-refractivity contribution in [2.75, 3.05) is 0 Å². The minimum absolute atomic E-state index is 0.651. The summed E-state index contributed by atoms with van der Waals surface area (Å²) in [6.45, 7) is 3.59. The summed E-state index contributed by atoms with van der Waals surface area (Å²) in [6, 6.07) is 10.8. The van der Waals surface area contributed by atoms with Gasteiger partial charge in [0.1, 0.15) is 0 Å². The first-order valence-corrected chi connectivity index (χ1v) is 8.91. The Labute approximate surface area is 139 Å². The summed E-state index contributed by atoms with van der Waals surface area (Å²) in [6.07, 6.45) is -3.89. The molecule has 1 unspecified atom stereocenters. The molecule has 3 nitrogen and oxygen atoms in total. The number of alkyl halides is 3. The molecule has 0 saturated heterocycles. The van der Waals surface area contributed by atoms with Crippen LogP contribution in [0.3, 0.4) is 0 Å². The van der Waals surface area contributed by atoms with E-state index in [9.17, 15) is 21.6 Å². The zero-order chi connectivity index (χ0) is 18.0. The second-order valence-electron chi connectivity index (χ2n) is 5.43. The predicted molar refractivity (Wildman–Crippen MR) is 86.0 cm³/mol. The molecule has 1 N–H and O–H groups in total. The molecule has 0 aliphatic heterocycles. The van der Waals surface area contributed by atoms with Gasteiger partial charge in [-0.1, -0.05) is 43.3 Å². The topological polar surface area (TPSA) is 46.2 Å². The average molecular weight is 357 g/mol. The van der Waals surface area contributed by atoms with Crippen LogP contribution in [0.25, 0.3) is 0 Å². The van der Waals surface area contributed by atoms with Gasteiger partial charge in [0, 0.05) is 6.04 Å². The third kappa shape index (κ3) is 4.15. The molecule has 2 aromatic carbocycles. The molecule has 0 fully saturated rings.